The van der Waals surface area contributed by atoms with Crippen molar-refractivity contribution in [2.45, 2.75) is 13.8 Å². The second kappa shape index (κ2) is 4.83. The van der Waals surface area contributed by atoms with E-state index in [2.05, 4.69) is 15.5 Å². The number of carbonyl (C=O) groups excluding carboxylic acids is 1. The number of amides is 1. The highest BCUT2D eigenvalue weighted by Gasteiger charge is 2.09. The Labute approximate surface area is 104 Å². The number of aryl methyl sites for hydroxylation is 2. The van der Waals surface area contributed by atoms with Crippen LogP contribution in [0.5, 0.6) is 0 Å². The van der Waals surface area contributed by atoms with Crippen molar-refractivity contribution in [2.75, 3.05) is 5.32 Å². The molecule has 5 nitrogen and oxygen atoms in total. The number of rotatable bonds is 2. The Bertz CT molecular complexity index is 626. The first kappa shape index (κ1) is 12.0. The number of aromatic amines is 1. The molecule has 18 heavy (non-hydrogen) atoms. The van der Waals surface area contributed by atoms with Crippen LogP contribution >= 0.6 is 0 Å². The number of hydrogen-bond donors (Lipinski definition) is 2. The molecule has 1 heterocycles. The van der Waals surface area contributed by atoms with Crippen molar-refractivity contribution in [1.29, 1.82) is 0 Å². The maximum atomic E-state index is 11.9. The van der Waals surface area contributed by atoms with Crippen LogP contribution in [0.2, 0.25) is 0 Å². The van der Waals surface area contributed by atoms with Gasteiger partial charge in [-0.3, -0.25) is 9.59 Å². The maximum Gasteiger partial charge on any atom is 0.276 e. The van der Waals surface area contributed by atoms with Crippen LogP contribution in [0.15, 0.2) is 35.1 Å². The van der Waals surface area contributed by atoms with Crippen molar-refractivity contribution in [3.63, 3.8) is 0 Å². The Morgan fingerprint density at radius 3 is 2.61 bits per heavy atom. The molecule has 2 N–H and O–H groups in total. The van der Waals surface area contributed by atoms with Crippen molar-refractivity contribution in [2.24, 2.45) is 0 Å². The predicted molar refractivity (Wildman–Crippen MR) is 68.7 cm³/mol. The van der Waals surface area contributed by atoms with Crippen LogP contribution in [0.1, 0.15) is 21.6 Å². The normalized spacial score (nSPS) is 10.1. The summed E-state index contributed by atoms with van der Waals surface area (Å²) in [5.74, 6) is -0.349. The minimum atomic E-state index is -0.349. The van der Waals surface area contributed by atoms with Gasteiger partial charge in [-0.2, -0.15) is 5.10 Å². The van der Waals surface area contributed by atoms with Gasteiger partial charge in [0.15, 0.2) is 0 Å². The zero-order chi connectivity index (χ0) is 13.1. The Morgan fingerprint density at radius 2 is 2.00 bits per heavy atom. The summed E-state index contributed by atoms with van der Waals surface area (Å²) in [5, 5.41) is 8.65. The summed E-state index contributed by atoms with van der Waals surface area (Å²) in [6.07, 6.45) is 0. The minimum absolute atomic E-state index is 0.176. The highest BCUT2D eigenvalue weighted by molar-refractivity contribution is 6.03. The van der Waals surface area contributed by atoms with Crippen LogP contribution in [0.4, 0.5) is 5.69 Å². The molecule has 2 rings (SSSR count). The second-order valence-corrected chi connectivity index (χ2v) is 4.08. The first-order valence-electron chi connectivity index (χ1n) is 5.50. The van der Waals surface area contributed by atoms with Crippen molar-refractivity contribution in [3.05, 3.63) is 57.5 Å². The number of aromatic nitrogens is 2. The number of hydrogen-bond acceptors (Lipinski definition) is 3. The largest absolute Gasteiger partial charge is 0.320 e. The summed E-state index contributed by atoms with van der Waals surface area (Å²) in [6.45, 7) is 3.91. The van der Waals surface area contributed by atoms with Crippen LogP contribution in [0.3, 0.4) is 0 Å². The maximum absolute atomic E-state index is 11.9. The molecule has 0 unspecified atom stereocenters. The molecule has 0 bridgehead atoms. The SMILES string of the molecule is Cc1ccc(NC(=O)c2ccc(=O)[nH]n2)c(C)c1. The molecule has 0 atom stereocenters. The van der Waals surface area contributed by atoms with Gasteiger partial charge in [0.1, 0.15) is 5.69 Å². The summed E-state index contributed by atoms with van der Waals surface area (Å²) in [5.41, 5.74) is 2.69. The smallest absolute Gasteiger partial charge is 0.276 e. The summed E-state index contributed by atoms with van der Waals surface area (Å²) in [6, 6.07) is 8.40. The summed E-state index contributed by atoms with van der Waals surface area (Å²) < 4.78 is 0. The molecule has 0 aliphatic rings. The van der Waals surface area contributed by atoms with Gasteiger partial charge in [-0.25, -0.2) is 5.10 Å². The molecule has 0 fully saturated rings. The van der Waals surface area contributed by atoms with Crippen molar-refractivity contribution >= 4 is 11.6 Å². The van der Waals surface area contributed by atoms with E-state index in [-0.39, 0.29) is 17.2 Å². The number of carbonyl (C=O) groups is 1. The highest BCUT2D eigenvalue weighted by Crippen LogP contribution is 2.16. The first-order chi connectivity index (χ1) is 8.56. The third-order valence-corrected chi connectivity index (χ3v) is 2.54. The number of benzene rings is 1. The third-order valence-electron chi connectivity index (χ3n) is 2.54. The Kier molecular flexibility index (Phi) is 3.23. The number of anilines is 1. The zero-order valence-electron chi connectivity index (χ0n) is 10.2. The molecule has 0 saturated carbocycles. The van der Waals surface area contributed by atoms with Gasteiger partial charge in [-0.15, -0.1) is 0 Å². The van der Waals surface area contributed by atoms with Crippen LogP contribution < -0.4 is 10.9 Å². The van der Waals surface area contributed by atoms with E-state index in [1.54, 1.807) is 0 Å². The van der Waals surface area contributed by atoms with Crippen LogP contribution in [0.25, 0.3) is 0 Å². The number of H-pyrrole nitrogens is 1. The van der Waals surface area contributed by atoms with Gasteiger partial charge in [0, 0.05) is 11.8 Å². The lowest BCUT2D eigenvalue weighted by Crippen LogP contribution is -2.17. The monoisotopic (exact) mass is 243 g/mol. The molecule has 2 aromatic rings. The molecule has 0 aliphatic carbocycles. The van der Waals surface area contributed by atoms with Gasteiger partial charge in [-0.1, -0.05) is 17.7 Å². The van der Waals surface area contributed by atoms with Crippen LogP contribution in [-0.2, 0) is 0 Å². The average molecular weight is 243 g/mol. The molecule has 0 saturated heterocycles. The van der Waals surface area contributed by atoms with Gasteiger partial charge < -0.3 is 5.32 Å². The molecule has 0 radical (unpaired) electrons. The third kappa shape index (κ3) is 2.63. The molecule has 0 spiro atoms. The average Bonchev–Trinajstić information content (AvgIpc) is 2.33. The van der Waals surface area contributed by atoms with Crippen LogP contribution in [-0.4, -0.2) is 16.1 Å². The quantitative estimate of drug-likeness (QED) is 0.842. The highest BCUT2D eigenvalue weighted by atomic mass is 16.2. The lowest BCUT2D eigenvalue weighted by Gasteiger charge is -2.08. The topological polar surface area (TPSA) is 74.8 Å². The van der Waals surface area contributed by atoms with E-state index in [4.69, 9.17) is 0 Å². The van der Waals surface area contributed by atoms with E-state index >= 15 is 0 Å². The summed E-state index contributed by atoms with van der Waals surface area (Å²) in [7, 11) is 0. The number of nitrogens with zero attached hydrogens (tertiary/aromatic N) is 1. The Balaban J connectivity index is 2.21. The molecular formula is C13H13N3O2. The van der Waals surface area contributed by atoms with Gasteiger partial charge in [0.25, 0.3) is 11.5 Å². The van der Waals surface area contributed by atoms with Crippen molar-refractivity contribution < 1.29 is 4.79 Å². The number of nitrogens with one attached hydrogen (secondary N) is 2. The molecule has 1 amide bonds. The van der Waals surface area contributed by atoms with E-state index < -0.39 is 0 Å². The molecule has 92 valence electrons. The Hall–Kier alpha value is -2.43. The van der Waals surface area contributed by atoms with E-state index in [0.717, 1.165) is 16.8 Å². The van der Waals surface area contributed by atoms with E-state index in [0.29, 0.717) is 0 Å². The van der Waals surface area contributed by atoms with Crippen molar-refractivity contribution in [3.8, 4) is 0 Å². The first-order valence-corrected chi connectivity index (χ1v) is 5.50. The van der Waals surface area contributed by atoms with Gasteiger partial charge in [0.05, 0.1) is 0 Å². The summed E-state index contributed by atoms with van der Waals surface area (Å²) in [4.78, 5) is 22.7. The van der Waals surface area contributed by atoms with E-state index in [9.17, 15) is 9.59 Å². The standard InChI is InChI=1S/C13H13N3O2/c1-8-3-4-10(9(2)7-8)14-13(18)11-5-6-12(17)16-15-11/h3-7H,1-2H3,(H,14,18)(H,16,17). The molecular weight excluding hydrogens is 230 g/mol. The molecule has 0 aliphatic heterocycles. The molecule has 1 aromatic carbocycles. The fraction of sp³-hybridized carbons (Fsp3) is 0.154. The lowest BCUT2D eigenvalue weighted by atomic mass is 10.1. The van der Waals surface area contributed by atoms with Gasteiger partial charge in [0.2, 0.25) is 0 Å². The lowest BCUT2D eigenvalue weighted by molar-refractivity contribution is 0.102. The van der Waals surface area contributed by atoms with E-state index in [1.807, 2.05) is 32.0 Å². The van der Waals surface area contributed by atoms with Gasteiger partial charge >= 0.3 is 0 Å². The predicted octanol–water partition coefficient (Wildman–Crippen LogP) is 1.64. The van der Waals surface area contributed by atoms with E-state index in [1.165, 1.54) is 12.1 Å². The minimum Gasteiger partial charge on any atom is -0.320 e. The Morgan fingerprint density at radius 1 is 1.22 bits per heavy atom. The fourth-order valence-electron chi connectivity index (χ4n) is 1.61. The fourth-order valence-corrected chi connectivity index (χ4v) is 1.61. The van der Waals surface area contributed by atoms with Crippen molar-refractivity contribution in [1.82, 2.24) is 10.2 Å². The molecule has 5 heteroatoms. The molecule has 1 aromatic heterocycles. The zero-order valence-corrected chi connectivity index (χ0v) is 10.2. The van der Waals surface area contributed by atoms with Gasteiger partial charge in [-0.05, 0) is 31.5 Å². The second-order valence-electron chi connectivity index (χ2n) is 4.08. The van der Waals surface area contributed by atoms with Crippen LogP contribution in [0, 0.1) is 13.8 Å². The summed E-state index contributed by atoms with van der Waals surface area (Å²) >= 11 is 0.